The summed E-state index contributed by atoms with van der Waals surface area (Å²) < 4.78 is 43.3. The monoisotopic (exact) mass is 524 g/mol. The van der Waals surface area contributed by atoms with Gasteiger partial charge in [-0.05, 0) is 48.7 Å². The van der Waals surface area contributed by atoms with E-state index in [9.17, 15) is 18.0 Å². The number of carbonyl (C=O) groups excluding carboxylic acids is 1. The molecule has 0 saturated carbocycles. The highest BCUT2D eigenvalue weighted by Crippen LogP contribution is 2.34. The predicted octanol–water partition coefficient (Wildman–Crippen LogP) is 4.21. The van der Waals surface area contributed by atoms with Crippen molar-refractivity contribution >= 4 is 28.6 Å². The Balaban J connectivity index is 1.29. The normalized spacial score (nSPS) is 14.9. The van der Waals surface area contributed by atoms with Crippen LogP contribution in [0.3, 0.4) is 0 Å². The highest BCUT2D eigenvalue weighted by Gasteiger charge is 2.34. The van der Waals surface area contributed by atoms with Gasteiger partial charge in [-0.3, -0.25) is 14.1 Å². The highest BCUT2D eigenvalue weighted by atomic mass is 32.1. The van der Waals surface area contributed by atoms with Gasteiger partial charge in [-0.1, -0.05) is 12.1 Å². The third kappa shape index (κ3) is 5.83. The fourth-order valence-electron chi connectivity index (χ4n) is 4.07. The van der Waals surface area contributed by atoms with Crippen LogP contribution in [0, 0.1) is 11.8 Å². The van der Waals surface area contributed by atoms with Gasteiger partial charge in [-0.15, -0.1) is 11.3 Å². The number of likely N-dealkylation sites (N-methyl/N-ethyl adjacent to an activating group) is 1. The van der Waals surface area contributed by atoms with Crippen LogP contribution in [0.2, 0.25) is 0 Å². The largest absolute Gasteiger partial charge is 0.416 e. The second-order valence-corrected chi connectivity index (χ2v) is 9.79. The number of benzene rings is 1. The lowest BCUT2D eigenvalue weighted by Gasteiger charge is -2.33. The molecule has 1 fully saturated rings. The van der Waals surface area contributed by atoms with Crippen molar-refractivity contribution in [3.63, 3.8) is 0 Å². The van der Waals surface area contributed by atoms with Crippen LogP contribution in [0.25, 0.3) is 5.65 Å². The lowest BCUT2D eigenvalue weighted by molar-refractivity contribution is -0.138. The number of hydrogen-bond acceptors (Lipinski definition) is 6. The third-order valence-electron chi connectivity index (χ3n) is 6.11. The summed E-state index contributed by atoms with van der Waals surface area (Å²) in [5.41, 5.74) is 0.962. The number of halogens is 3. The van der Waals surface area contributed by atoms with E-state index in [2.05, 4.69) is 32.0 Å². The maximum Gasteiger partial charge on any atom is 0.416 e. The van der Waals surface area contributed by atoms with Gasteiger partial charge < -0.3 is 10.2 Å². The van der Waals surface area contributed by atoms with Crippen molar-refractivity contribution in [1.82, 2.24) is 24.2 Å². The van der Waals surface area contributed by atoms with Crippen molar-refractivity contribution in [1.29, 1.82) is 0 Å². The maximum atomic E-state index is 13.8. The Morgan fingerprint density at radius 1 is 1.08 bits per heavy atom. The lowest BCUT2D eigenvalue weighted by Crippen LogP contribution is -2.44. The second-order valence-electron chi connectivity index (χ2n) is 8.76. The zero-order chi connectivity index (χ0) is 26.0. The molecule has 1 aliphatic rings. The van der Waals surface area contributed by atoms with E-state index in [0.29, 0.717) is 23.8 Å². The minimum Gasteiger partial charge on any atom is -0.321 e. The average molecular weight is 525 g/mol. The Hall–Kier alpha value is -3.72. The number of hydrogen-bond donors (Lipinski definition) is 1. The molecule has 0 aliphatic carbocycles. The van der Waals surface area contributed by atoms with E-state index in [-0.39, 0.29) is 22.7 Å². The van der Waals surface area contributed by atoms with Gasteiger partial charge in [0, 0.05) is 44.6 Å². The van der Waals surface area contributed by atoms with Gasteiger partial charge in [0.05, 0.1) is 18.0 Å². The van der Waals surface area contributed by atoms with Crippen molar-refractivity contribution in [2.24, 2.45) is 0 Å². The van der Waals surface area contributed by atoms with Gasteiger partial charge >= 0.3 is 6.18 Å². The first kappa shape index (κ1) is 25.0. The molecule has 190 valence electrons. The molecule has 1 N–H and O–H groups in total. The number of piperazine rings is 1. The van der Waals surface area contributed by atoms with E-state index < -0.39 is 17.6 Å². The van der Waals surface area contributed by atoms with Gasteiger partial charge in [0.15, 0.2) is 5.01 Å². The van der Waals surface area contributed by atoms with Crippen molar-refractivity contribution in [2.75, 3.05) is 38.5 Å². The zero-order valence-electron chi connectivity index (χ0n) is 19.9. The van der Waals surface area contributed by atoms with Crippen molar-refractivity contribution in [2.45, 2.75) is 12.7 Å². The van der Waals surface area contributed by atoms with E-state index in [0.717, 1.165) is 36.1 Å². The van der Waals surface area contributed by atoms with Crippen LogP contribution in [0.5, 0.6) is 0 Å². The van der Waals surface area contributed by atoms with Crippen LogP contribution in [-0.4, -0.2) is 63.3 Å². The molecule has 0 unspecified atom stereocenters. The number of thiazole rings is 1. The summed E-state index contributed by atoms with van der Waals surface area (Å²) in [4.78, 5) is 25.6. The van der Waals surface area contributed by atoms with Gasteiger partial charge in [0.25, 0.3) is 5.91 Å². The van der Waals surface area contributed by atoms with Crippen LogP contribution in [0.15, 0.2) is 55.0 Å². The Morgan fingerprint density at radius 3 is 2.68 bits per heavy atom. The molecule has 1 aromatic carbocycles. The van der Waals surface area contributed by atoms with E-state index in [1.807, 2.05) is 40.7 Å². The van der Waals surface area contributed by atoms with E-state index in [1.54, 1.807) is 6.20 Å². The quantitative estimate of drug-likeness (QED) is 0.406. The summed E-state index contributed by atoms with van der Waals surface area (Å²) in [6.45, 7) is 3.26. The number of alkyl halides is 3. The molecule has 0 bridgehead atoms. The third-order valence-corrected chi connectivity index (χ3v) is 7.02. The summed E-state index contributed by atoms with van der Waals surface area (Å²) in [6, 6.07) is 9.55. The van der Waals surface area contributed by atoms with Crippen LogP contribution >= 0.6 is 11.3 Å². The smallest absolute Gasteiger partial charge is 0.321 e. The number of aromatic nitrogens is 3. The molecule has 1 saturated heterocycles. The van der Waals surface area contributed by atoms with E-state index in [4.69, 9.17) is 0 Å². The van der Waals surface area contributed by atoms with E-state index in [1.165, 1.54) is 18.3 Å². The predicted molar refractivity (Wildman–Crippen MR) is 135 cm³/mol. The molecule has 37 heavy (non-hydrogen) atoms. The Kier molecular flexibility index (Phi) is 6.97. The number of fused-ring (bicyclic) bond motifs is 1. The van der Waals surface area contributed by atoms with Crippen LogP contribution < -0.4 is 5.32 Å². The standard InChI is InChI=1S/C26H23F3N6OS/c1-33-10-12-34(13-11-33)17-18-5-6-19(14-21(18)26(27,28)29)32-25(36)22-16-31-24(37-22)8-7-20-15-30-23-4-2-3-9-35(20)23/h2-6,9,14-16H,10-13,17H2,1H3,(H,32,36). The second kappa shape index (κ2) is 10.3. The Bertz CT molecular complexity index is 1490. The first-order valence-electron chi connectivity index (χ1n) is 11.6. The summed E-state index contributed by atoms with van der Waals surface area (Å²) >= 11 is 1.06. The van der Waals surface area contributed by atoms with Gasteiger partial charge in [0.1, 0.15) is 16.2 Å². The number of nitrogens with one attached hydrogen (secondary N) is 1. The molecule has 11 heteroatoms. The summed E-state index contributed by atoms with van der Waals surface area (Å²) in [7, 11) is 2.00. The molecule has 1 amide bonds. The topological polar surface area (TPSA) is 65.8 Å². The molecule has 7 nitrogen and oxygen atoms in total. The average Bonchev–Trinajstić information content (AvgIpc) is 3.52. The van der Waals surface area contributed by atoms with Crippen molar-refractivity contribution in [3.05, 3.63) is 81.7 Å². The molecule has 4 heterocycles. The summed E-state index contributed by atoms with van der Waals surface area (Å²) in [5.74, 6) is 5.36. The van der Waals surface area contributed by atoms with E-state index >= 15 is 0 Å². The molecule has 1 aliphatic heterocycles. The highest BCUT2D eigenvalue weighted by molar-refractivity contribution is 7.14. The molecule has 4 aromatic rings. The molecule has 0 spiro atoms. The number of amides is 1. The fourth-order valence-corrected chi connectivity index (χ4v) is 4.74. The molecular weight excluding hydrogens is 501 g/mol. The first-order valence-corrected chi connectivity index (χ1v) is 12.4. The Morgan fingerprint density at radius 2 is 1.89 bits per heavy atom. The number of nitrogens with zero attached hydrogens (tertiary/aromatic N) is 5. The molecule has 3 aromatic heterocycles. The number of anilines is 1. The first-order chi connectivity index (χ1) is 17.8. The number of pyridine rings is 1. The number of rotatable bonds is 4. The minimum absolute atomic E-state index is 0.0752. The van der Waals surface area contributed by atoms with Gasteiger partial charge in [0.2, 0.25) is 0 Å². The zero-order valence-corrected chi connectivity index (χ0v) is 20.7. The fraction of sp³-hybridized carbons (Fsp3) is 0.269. The SMILES string of the molecule is CN1CCN(Cc2ccc(NC(=O)c3cnc(C#Cc4cnc5ccccn45)s3)cc2C(F)(F)F)CC1. The van der Waals surface area contributed by atoms with Crippen LogP contribution in [0.4, 0.5) is 18.9 Å². The van der Waals surface area contributed by atoms with Crippen LogP contribution in [-0.2, 0) is 12.7 Å². The van der Waals surface area contributed by atoms with Crippen molar-refractivity contribution < 1.29 is 18.0 Å². The minimum atomic E-state index is -4.53. The summed E-state index contributed by atoms with van der Waals surface area (Å²) in [5, 5.41) is 2.98. The molecule has 0 atom stereocenters. The molecular formula is C26H23F3N6OS. The maximum absolute atomic E-state index is 13.8. The van der Waals surface area contributed by atoms with Gasteiger partial charge in [-0.2, -0.15) is 13.2 Å². The lowest BCUT2D eigenvalue weighted by atomic mass is 10.0. The number of imidazole rings is 1. The number of carbonyl (C=O) groups is 1. The molecule has 5 rings (SSSR count). The molecule has 0 radical (unpaired) electrons. The summed E-state index contributed by atoms with van der Waals surface area (Å²) in [6.07, 6.45) is 0.326. The van der Waals surface area contributed by atoms with Crippen LogP contribution in [0.1, 0.15) is 31.5 Å². The Labute approximate surface area is 215 Å². The van der Waals surface area contributed by atoms with Crippen molar-refractivity contribution in [3.8, 4) is 11.8 Å². The van der Waals surface area contributed by atoms with Gasteiger partial charge in [-0.25, -0.2) is 9.97 Å².